The topological polar surface area (TPSA) is 105 Å². The minimum atomic E-state index is -0.429. The van der Waals surface area contributed by atoms with Crippen molar-refractivity contribution in [2.75, 3.05) is 32.3 Å². The van der Waals surface area contributed by atoms with E-state index in [2.05, 4.69) is 4.98 Å². The summed E-state index contributed by atoms with van der Waals surface area (Å²) in [6.07, 6.45) is 0. The Kier molecular flexibility index (Phi) is 6.32. The Hall–Kier alpha value is -3.85. The highest BCUT2D eigenvalue weighted by Crippen LogP contribution is 2.36. The molecule has 4 rings (SSSR count). The molecule has 3 aromatic rings. The summed E-state index contributed by atoms with van der Waals surface area (Å²) in [6, 6.07) is 12.3. The van der Waals surface area contributed by atoms with Gasteiger partial charge in [-0.05, 0) is 43.3 Å². The first-order valence-electron chi connectivity index (χ1n) is 10.2. The number of benzene rings is 2. The molecule has 2 N–H and O–H groups in total. The summed E-state index contributed by atoms with van der Waals surface area (Å²) in [5.41, 5.74) is 2.91. The fourth-order valence-corrected chi connectivity index (χ4v) is 4.45. The van der Waals surface area contributed by atoms with Crippen molar-refractivity contribution in [1.82, 2.24) is 4.98 Å². The first-order valence-corrected chi connectivity index (χ1v) is 11.1. The molecule has 9 heteroatoms. The van der Waals surface area contributed by atoms with E-state index in [0.717, 1.165) is 5.56 Å². The van der Waals surface area contributed by atoms with Gasteiger partial charge in [-0.3, -0.25) is 5.41 Å². The van der Waals surface area contributed by atoms with Crippen molar-refractivity contribution in [2.24, 2.45) is 0 Å². The lowest BCUT2D eigenvalue weighted by molar-refractivity contribution is 0.0526. The minimum absolute atomic E-state index is 0.0507. The summed E-state index contributed by atoms with van der Waals surface area (Å²) in [5.74, 6) is 0.946. The molecule has 1 aliphatic rings. The monoisotopic (exact) mass is 465 g/mol. The highest BCUT2D eigenvalue weighted by molar-refractivity contribution is 7.11. The maximum absolute atomic E-state index is 12.1. The summed E-state index contributed by atoms with van der Waals surface area (Å²) in [4.78, 5) is 18.4. The highest BCUT2D eigenvalue weighted by atomic mass is 32.1. The van der Waals surface area contributed by atoms with Gasteiger partial charge < -0.3 is 24.2 Å². The molecule has 0 unspecified atom stereocenters. The zero-order valence-electron chi connectivity index (χ0n) is 18.4. The van der Waals surface area contributed by atoms with E-state index in [9.17, 15) is 9.90 Å². The third-order valence-corrected chi connectivity index (χ3v) is 6.03. The van der Waals surface area contributed by atoms with Crippen molar-refractivity contribution in [3.8, 4) is 22.8 Å². The maximum atomic E-state index is 12.1. The Morgan fingerprint density at radius 3 is 2.70 bits per heavy atom. The summed E-state index contributed by atoms with van der Waals surface area (Å²) in [6.45, 7) is 2.14. The van der Waals surface area contributed by atoms with Gasteiger partial charge in [-0.2, -0.15) is 0 Å². The van der Waals surface area contributed by atoms with Gasteiger partial charge in [0.1, 0.15) is 16.6 Å². The number of esters is 1. The number of hydrogen-bond acceptors (Lipinski definition) is 8. The quantitative estimate of drug-likeness (QED) is 0.484. The molecular weight excluding hydrogens is 442 g/mol. The fourth-order valence-electron chi connectivity index (χ4n) is 3.56. The van der Waals surface area contributed by atoms with Gasteiger partial charge in [0.05, 0.1) is 44.2 Å². The highest BCUT2D eigenvalue weighted by Gasteiger charge is 2.31. The van der Waals surface area contributed by atoms with Crippen LogP contribution >= 0.6 is 11.3 Å². The SMILES string of the molecule is CCOC(=O)c1cccc(N2CC(O)=C(c3nc(-c4ccc(OC)c(OC)c4)cs3)C2=N)c1. The molecule has 0 saturated heterocycles. The van der Waals surface area contributed by atoms with Gasteiger partial charge in [-0.1, -0.05) is 6.07 Å². The number of amidine groups is 1. The van der Waals surface area contributed by atoms with Crippen molar-refractivity contribution in [3.63, 3.8) is 0 Å². The number of nitrogens with one attached hydrogen (secondary N) is 1. The standard InChI is InChI=1S/C24H23N3O5S/c1-4-32-24(29)15-6-5-7-16(10-15)27-12-18(28)21(22(27)25)23-26-17(13-33-23)14-8-9-19(30-2)20(11-14)31-3/h5-11,13,25,28H,4,12H2,1-3H3. The van der Waals surface area contributed by atoms with E-state index in [-0.39, 0.29) is 24.7 Å². The molecule has 0 saturated carbocycles. The van der Waals surface area contributed by atoms with E-state index >= 15 is 0 Å². The van der Waals surface area contributed by atoms with Crippen LogP contribution in [-0.4, -0.2) is 49.3 Å². The Bertz CT molecular complexity index is 1250. The number of thiazole rings is 1. The predicted molar refractivity (Wildman–Crippen MR) is 128 cm³/mol. The number of nitrogens with zero attached hydrogens (tertiary/aromatic N) is 2. The second-order valence-corrected chi connectivity index (χ2v) is 7.99. The van der Waals surface area contributed by atoms with E-state index in [4.69, 9.17) is 19.6 Å². The van der Waals surface area contributed by atoms with Gasteiger partial charge in [0.2, 0.25) is 0 Å². The van der Waals surface area contributed by atoms with Gasteiger partial charge in [0.25, 0.3) is 0 Å². The number of hydrogen-bond donors (Lipinski definition) is 2. The van der Waals surface area contributed by atoms with Crippen molar-refractivity contribution in [3.05, 3.63) is 64.2 Å². The Morgan fingerprint density at radius 2 is 1.97 bits per heavy atom. The van der Waals surface area contributed by atoms with E-state index in [0.29, 0.717) is 39.0 Å². The van der Waals surface area contributed by atoms with Gasteiger partial charge in [0.15, 0.2) is 11.5 Å². The van der Waals surface area contributed by atoms with Crippen molar-refractivity contribution < 1.29 is 24.1 Å². The first kappa shape index (κ1) is 22.3. The van der Waals surface area contributed by atoms with Gasteiger partial charge in [-0.15, -0.1) is 11.3 Å². The van der Waals surface area contributed by atoms with Crippen molar-refractivity contribution in [2.45, 2.75) is 6.92 Å². The lowest BCUT2D eigenvalue weighted by Gasteiger charge is -2.19. The van der Waals surface area contributed by atoms with E-state index < -0.39 is 5.97 Å². The van der Waals surface area contributed by atoms with Crippen LogP contribution in [0.2, 0.25) is 0 Å². The number of rotatable bonds is 7. The van der Waals surface area contributed by atoms with Crippen molar-refractivity contribution in [1.29, 1.82) is 5.41 Å². The Balaban J connectivity index is 1.60. The second kappa shape index (κ2) is 9.33. The van der Waals surface area contributed by atoms with Crippen LogP contribution in [0.3, 0.4) is 0 Å². The molecule has 2 heterocycles. The number of carbonyl (C=O) groups is 1. The molecule has 2 aromatic carbocycles. The number of methoxy groups -OCH3 is 2. The number of aliphatic hydroxyl groups is 1. The lowest BCUT2D eigenvalue weighted by Crippen LogP contribution is -2.26. The predicted octanol–water partition coefficient (Wildman–Crippen LogP) is 4.77. The third-order valence-electron chi connectivity index (χ3n) is 5.17. The molecule has 1 aliphatic heterocycles. The molecule has 8 nitrogen and oxygen atoms in total. The second-order valence-electron chi connectivity index (χ2n) is 7.13. The van der Waals surface area contributed by atoms with Crippen LogP contribution in [0.1, 0.15) is 22.3 Å². The number of anilines is 1. The van der Waals surface area contributed by atoms with Crippen LogP contribution in [0.25, 0.3) is 16.8 Å². The molecule has 0 amide bonds. The van der Waals surface area contributed by atoms with E-state index in [1.54, 1.807) is 56.4 Å². The number of aliphatic hydroxyl groups excluding tert-OH is 1. The first-order chi connectivity index (χ1) is 16.0. The normalized spacial score (nSPS) is 13.4. The van der Waals surface area contributed by atoms with Crippen molar-refractivity contribution >= 4 is 34.4 Å². The number of carbonyl (C=O) groups excluding carboxylic acids is 1. The molecule has 0 bridgehead atoms. The number of ether oxygens (including phenoxy) is 3. The molecule has 33 heavy (non-hydrogen) atoms. The van der Waals surface area contributed by atoms with Gasteiger partial charge >= 0.3 is 5.97 Å². The summed E-state index contributed by atoms with van der Waals surface area (Å²) in [7, 11) is 3.15. The summed E-state index contributed by atoms with van der Waals surface area (Å²) in [5, 5.41) is 21.8. The summed E-state index contributed by atoms with van der Waals surface area (Å²) >= 11 is 1.34. The molecule has 0 aliphatic carbocycles. The van der Waals surface area contributed by atoms with E-state index in [1.165, 1.54) is 11.3 Å². The zero-order valence-corrected chi connectivity index (χ0v) is 19.2. The van der Waals surface area contributed by atoms with Crippen LogP contribution in [0, 0.1) is 5.41 Å². The van der Waals surface area contributed by atoms with Gasteiger partial charge in [-0.25, -0.2) is 9.78 Å². The molecule has 0 spiro atoms. The average molecular weight is 466 g/mol. The molecule has 0 atom stereocenters. The Morgan fingerprint density at radius 1 is 1.18 bits per heavy atom. The fraction of sp³-hybridized carbons (Fsp3) is 0.208. The molecule has 0 radical (unpaired) electrons. The Labute approximate surface area is 195 Å². The van der Waals surface area contributed by atoms with Crippen LogP contribution in [0.15, 0.2) is 53.6 Å². The van der Waals surface area contributed by atoms with Gasteiger partial charge in [0, 0.05) is 16.6 Å². The van der Waals surface area contributed by atoms with Crippen LogP contribution < -0.4 is 14.4 Å². The van der Waals surface area contributed by atoms with Crippen LogP contribution in [-0.2, 0) is 4.74 Å². The van der Waals surface area contributed by atoms with Crippen LogP contribution in [0.5, 0.6) is 11.5 Å². The molecule has 170 valence electrons. The summed E-state index contributed by atoms with van der Waals surface area (Å²) < 4.78 is 15.7. The number of aromatic nitrogens is 1. The molecule has 1 aromatic heterocycles. The average Bonchev–Trinajstić information content (AvgIpc) is 3.42. The van der Waals surface area contributed by atoms with E-state index in [1.807, 2.05) is 17.5 Å². The minimum Gasteiger partial charge on any atom is -0.510 e. The van der Waals surface area contributed by atoms with Crippen LogP contribution in [0.4, 0.5) is 5.69 Å². The maximum Gasteiger partial charge on any atom is 0.338 e. The largest absolute Gasteiger partial charge is 0.510 e. The third kappa shape index (κ3) is 4.27. The zero-order chi connectivity index (χ0) is 23.5. The molecular formula is C24H23N3O5S. The molecule has 0 fully saturated rings. The smallest absolute Gasteiger partial charge is 0.338 e. The lowest BCUT2D eigenvalue weighted by atomic mass is 10.1.